The quantitative estimate of drug-likeness (QED) is 0.730. The van der Waals surface area contributed by atoms with Gasteiger partial charge in [-0.05, 0) is 23.3 Å². The molecule has 1 amide bonds. The zero-order valence-electron chi connectivity index (χ0n) is 11.3. The Kier molecular flexibility index (Phi) is 4.91. The number of carbonyl (C=O) groups excluding carboxylic acids is 1. The first-order chi connectivity index (χ1) is 10.2. The topological polar surface area (TPSA) is 85.2 Å². The van der Waals surface area contributed by atoms with Crippen LogP contribution < -0.4 is 10.9 Å². The normalized spacial score (nSPS) is 11.4. The van der Waals surface area contributed by atoms with Crippen molar-refractivity contribution in [3.63, 3.8) is 0 Å². The van der Waals surface area contributed by atoms with Crippen molar-refractivity contribution in [3.8, 4) is 11.8 Å². The summed E-state index contributed by atoms with van der Waals surface area (Å²) in [5, 5.41) is 18.5. The van der Waals surface area contributed by atoms with Gasteiger partial charge in [-0.25, -0.2) is 5.43 Å². The molecule has 0 saturated heterocycles. The van der Waals surface area contributed by atoms with Gasteiger partial charge in [0.2, 0.25) is 5.91 Å². The summed E-state index contributed by atoms with van der Waals surface area (Å²) >= 11 is 0. The monoisotopic (exact) mass is 281 g/mol. The van der Waals surface area contributed by atoms with Crippen LogP contribution in [0.15, 0.2) is 54.6 Å². The highest BCUT2D eigenvalue weighted by Gasteiger charge is 2.12. The molecule has 2 aromatic rings. The van der Waals surface area contributed by atoms with Crippen molar-refractivity contribution in [1.29, 1.82) is 5.26 Å². The molecular formula is C16H15N3O2. The summed E-state index contributed by atoms with van der Waals surface area (Å²) in [4.78, 5) is 11.8. The summed E-state index contributed by atoms with van der Waals surface area (Å²) in [6.45, 7) is 0. The summed E-state index contributed by atoms with van der Waals surface area (Å²) in [7, 11) is 0. The van der Waals surface area contributed by atoms with E-state index in [1.165, 1.54) is 12.1 Å². The van der Waals surface area contributed by atoms with Crippen LogP contribution in [0.1, 0.15) is 17.2 Å². The number of aromatic hydroxyl groups is 1. The molecule has 0 aliphatic heterocycles. The van der Waals surface area contributed by atoms with Crippen LogP contribution in [0.3, 0.4) is 0 Å². The lowest BCUT2D eigenvalue weighted by atomic mass is 10.1. The minimum atomic E-state index is -0.725. The SMILES string of the molecule is N#C[C@H](NNC(=O)Cc1ccccc1)c1cccc(O)c1. The average molecular weight is 281 g/mol. The second kappa shape index (κ2) is 7.08. The Morgan fingerprint density at radius 3 is 2.62 bits per heavy atom. The van der Waals surface area contributed by atoms with Crippen LogP contribution in [0.5, 0.6) is 5.75 Å². The number of nitrogens with one attached hydrogen (secondary N) is 2. The molecule has 0 bridgehead atoms. The van der Waals surface area contributed by atoms with Crippen LogP contribution in [0.2, 0.25) is 0 Å². The van der Waals surface area contributed by atoms with Gasteiger partial charge in [0.05, 0.1) is 12.5 Å². The highest BCUT2D eigenvalue weighted by atomic mass is 16.3. The van der Waals surface area contributed by atoms with Crippen LogP contribution in [0.25, 0.3) is 0 Å². The van der Waals surface area contributed by atoms with Crippen molar-refractivity contribution in [1.82, 2.24) is 10.9 Å². The second-order valence-corrected chi connectivity index (χ2v) is 4.51. The van der Waals surface area contributed by atoms with E-state index in [4.69, 9.17) is 5.26 Å². The van der Waals surface area contributed by atoms with Crippen molar-refractivity contribution < 1.29 is 9.90 Å². The first-order valence-electron chi connectivity index (χ1n) is 6.46. The highest BCUT2D eigenvalue weighted by Crippen LogP contribution is 2.17. The van der Waals surface area contributed by atoms with Crippen molar-refractivity contribution in [2.45, 2.75) is 12.5 Å². The Bertz CT molecular complexity index is 650. The molecule has 1 atom stereocenters. The first kappa shape index (κ1) is 14.6. The highest BCUT2D eigenvalue weighted by molar-refractivity contribution is 5.78. The molecule has 0 aromatic heterocycles. The Hall–Kier alpha value is -2.84. The zero-order chi connectivity index (χ0) is 15.1. The zero-order valence-corrected chi connectivity index (χ0v) is 11.3. The van der Waals surface area contributed by atoms with Crippen LogP contribution in [-0.2, 0) is 11.2 Å². The molecule has 0 aliphatic rings. The third kappa shape index (κ3) is 4.34. The number of phenolic OH excluding ortho intramolecular Hbond substituents is 1. The summed E-state index contributed by atoms with van der Waals surface area (Å²) in [5.74, 6) is -0.160. The van der Waals surface area contributed by atoms with Gasteiger partial charge in [0.25, 0.3) is 0 Å². The molecule has 0 fully saturated rings. The van der Waals surface area contributed by atoms with Gasteiger partial charge in [0.15, 0.2) is 0 Å². The van der Waals surface area contributed by atoms with Crippen LogP contribution in [0, 0.1) is 11.3 Å². The summed E-state index contributed by atoms with van der Waals surface area (Å²) in [5.41, 5.74) is 6.64. The number of hydrogen-bond donors (Lipinski definition) is 3. The second-order valence-electron chi connectivity index (χ2n) is 4.51. The van der Waals surface area contributed by atoms with Gasteiger partial charge < -0.3 is 5.11 Å². The molecule has 0 saturated carbocycles. The summed E-state index contributed by atoms with van der Waals surface area (Å²) < 4.78 is 0. The van der Waals surface area contributed by atoms with E-state index < -0.39 is 6.04 Å². The molecule has 106 valence electrons. The van der Waals surface area contributed by atoms with Gasteiger partial charge in [0, 0.05) is 0 Å². The maximum Gasteiger partial charge on any atom is 0.238 e. The lowest BCUT2D eigenvalue weighted by Gasteiger charge is -2.13. The predicted octanol–water partition coefficient (Wildman–Crippen LogP) is 1.82. The Morgan fingerprint density at radius 2 is 1.95 bits per heavy atom. The lowest BCUT2D eigenvalue weighted by Crippen LogP contribution is -2.40. The van der Waals surface area contributed by atoms with Gasteiger partial charge in [0.1, 0.15) is 11.8 Å². The van der Waals surface area contributed by atoms with Crippen LogP contribution in [0.4, 0.5) is 0 Å². The maximum atomic E-state index is 11.8. The van der Waals surface area contributed by atoms with E-state index in [9.17, 15) is 9.90 Å². The van der Waals surface area contributed by atoms with E-state index in [0.717, 1.165) is 5.56 Å². The Balaban J connectivity index is 1.92. The van der Waals surface area contributed by atoms with E-state index in [2.05, 4.69) is 10.9 Å². The Morgan fingerprint density at radius 1 is 1.19 bits per heavy atom. The molecule has 0 aliphatic carbocycles. The number of benzene rings is 2. The van der Waals surface area contributed by atoms with Gasteiger partial charge in [-0.2, -0.15) is 5.26 Å². The van der Waals surface area contributed by atoms with E-state index >= 15 is 0 Å². The van der Waals surface area contributed by atoms with Gasteiger partial charge in [-0.15, -0.1) is 0 Å². The number of rotatable bonds is 5. The molecule has 0 radical (unpaired) electrons. The van der Waals surface area contributed by atoms with Gasteiger partial charge in [-0.1, -0.05) is 42.5 Å². The summed E-state index contributed by atoms with van der Waals surface area (Å²) in [6.07, 6.45) is 0.228. The third-order valence-corrected chi connectivity index (χ3v) is 2.90. The molecular weight excluding hydrogens is 266 g/mol. The van der Waals surface area contributed by atoms with Gasteiger partial charge >= 0.3 is 0 Å². The minimum absolute atomic E-state index is 0.0742. The number of carbonyl (C=O) groups is 1. The fraction of sp³-hybridized carbons (Fsp3) is 0.125. The van der Waals surface area contributed by atoms with Crippen molar-refractivity contribution >= 4 is 5.91 Å². The number of hydrazine groups is 1. The number of hydrogen-bond acceptors (Lipinski definition) is 4. The van der Waals surface area contributed by atoms with Gasteiger partial charge in [-0.3, -0.25) is 10.2 Å². The van der Waals surface area contributed by atoms with E-state index in [-0.39, 0.29) is 18.1 Å². The number of amides is 1. The van der Waals surface area contributed by atoms with Crippen LogP contribution >= 0.6 is 0 Å². The fourth-order valence-electron chi connectivity index (χ4n) is 1.87. The van der Waals surface area contributed by atoms with Crippen molar-refractivity contribution in [3.05, 3.63) is 65.7 Å². The molecule has 2 rings (SSSR count). The molecule has 2 aromatic carbocycles. The number of phenols is 1. The molecule has 0 heterocycles. The standard InChI is InChI=1S/C16H15N3O2/c17-11-15(13-7-4-8-14(20)10-13)18-19-16(21)9-12-5-2-1-3-6-12/h1-8,10,15,18,20H,9H2,(H,19,21)/t15-/m0/s1. The largest absolute Gasteiger partial charge is 0.508 e. The molecule has 0 unspecified atom stereocenters. The smallest absolute Gasteiger partial charge is 0.238 e. The van der Waals surface area contributed by atoms with E-state index in [0.29, 0.717) is 5.56 Å². The average Bonchev–Trinajstić information content (AvgIpc) is 2.49. The molecule has 5 heteroatoms. The number of nitrogens with zero attached hydrogens (tertiary/aromatic N) is 1. The molecule has 0 spiro atoms. The number of nitriles is 1. The lowest BCUT2D eigenvalue weighted by molar-refractivity contribution is -0.121. The third-order valence-electron chi connectivity index (χ3n) is 2.90. The molecule has 5 nitrogen and oxygen atoms in total. The fourth-order valence-corrected chi connectivity index (χ4v) is 1.87. The van der Waals surface area contributed by atoms with Crippen molar-refractivity contribution in [2.24, 2.45) is 0 Å². The van der Waals surface area contributed by atoms with Crippen LogP contribution in [-0.4, -0.2) is 11.0 Å². The van der Waals surface area contributed by atoms with E-state index in [1.54, 1.807) is 12.1 Å². The summed E-state index contributed by atoms with van der Waals surface area (Å²) in [6, 6.07) is 17.0. The molecule has 3 N–H and O–H groups in total. The maximum absolute atomic E-state index is 11.8. The van der Waals surface area contributed by atoms with Crippen molar-refractivity contribution in [2.75, 3.05) is 0 Å². The predicted molar refractivity (Wildman–Crippen MR) is 77.9 cm³/mol. The van der Waals surface area contributed by atoms with E-state index in [1.807, 2.05) is 36.4 Å². The molecule has 21 heavy (non-hydrogen) atoms. The Labute approximate surface area is 122 Å². The minimum Gasteiger partial charge on any atom is -0.508 e. The first-order valence-corrected chi connectivity index (χ1v) is 6.46.